The number of hydrogen-bond acceptors (Lipinski definition) is 11. The second-order valence-corrected chi connectivity index (χ2v) is 51.6. The van der Waals surface area contributed by atoms with Crippen molar-refractivity contribution in [3.8, 4) is 0 Å². The van der Waals surface area contributed by atoms with Crippen LogP contribution >= 0.6 is 0 Å². The molecule has 0 fully saturated rings. The van der Waals surface area contributed by atoms with Gasteiger partial charge in [-0.25, -0.2) is 4.79 Å². The Hall–Kier alpha value is 1.02. The van der Waals surface area contributed by atoms with E-state index in [-0.39, 0.29) is 17.2 Å². The minimum Gasteiger partial charge on any atom is -0.455 e. The van der Waals surface area contributed by atoms with E-state index in [4.69, 9.17) is 42.7 Å². The van der Waals surface area contributed by atoms with Crippen LogP contribution < -0.4 is 0 Å². The number of esters is 1. The van der Waals surface area contributed by atoms with Gasteiger partial charge >= 0.3 is 14.8 Å². The molecular formula is C28H74O11Si10. The predicted octanol–water partition coefficient (Wildman–Crippen LogP) is 5.41. The highest BCUT2D eigenvalue weighted by Crippen LogP contribution is 2.35. The van der Waals surface area contributed by atoms with Gasteiger partial charge in [-0.15, -0.1) is 0 Å². The van der Waals surface area contributed by atoms with E-state index in [9.17, 15) is 4.79 Å². The summed E-state index contributed by atoms with van der Waals surface area (Å²) >= 11 is 0. The number of hydrogen-bond donors (Lipinski definition) is 0. The molecular weight excluding hydrogens is 793 g/mol. The van der Waals surface area contributed by atoms with E-state index in [1.165, 1.54) is 0 Å². The Balaban J connectivity index is 7.15. The lowest BCUT2D eigenvalue weighted by molar-refractivity contribution is -0.143. The molecule has 0 saturated carbocycles. The van der Waals surface area contributed by atoms with Crippen molar-refractivity contribution in [1.29, 1.82) is 0 Å². The summed E-state index contributed by atoms with van der Waals surface area (Å²) < 4.78 is 66.3. The average molecular weight is 868 g/mol. The molecule has 21 heteroatoms. The van der Waals surface area contributed by atoms with Crippen LogP contribution in [0.15, 0.2) is 12.2 Å². The molecule has 0 bridgehead atoms. The molecule has 0 aromatic carbocycles. The van der Waals surface area contributed by atoms with Crippen molar-refractivity contribution in [1.82, 2.24) is 0 Å². The number of ether oxygens (including phenoxy) is 1. The number of carbonyl (C=O) groups excluding carboxylic acids is 1. The molecule has 0 aromatic rings. The first-order chi connectivity index (χ1) is 21.8. The Morgan fingerprint density at radius 1 is 0.571 bits per heavy atom. The third kappa shape index (κ3) is 19.8. The van der Waals surface area contributed by atoms with Crippen molar-refractivity contribution < 1.29 is 47.5 Å². The maximum Gasteiger partial charge on any atom is 0.513 e. The molecule has 11 nitrogen and oxygen atoms in total. The summed E-state index contributed by atoms with van der Waals surface area (Å²) in [6, 6.07) is 0. The number of rotatable bonds is 25. The third-order valence-corrected chi connectivity index (χ3v) is 40.1. The first kappa shape index (κ1) is 50.0. The van der Waals surface area contributed by atoms with Crippen LogP contribution in [0, 0.1) is 0 Å². The lowest BCUT2D eigenvalue weighted by atomic mass is 10.4. The van der Waals surface area contributed by atoms with Gasteiger partial charge in [-0.3, -0.25) is 0 Å². The van der Waals surface area contributed by atoms with Gasteiger partial charge < -0.3 is 42.7 Å². The van der Waals surface area contributed by atoms with Crippen LogP contribution in [0.5, 0.6) is 0 Å². The summed E-state index contributed by atoms with van der Waals surface area (Å²) in [5.41, 5.74) is -1.16. The van der Waals surface area contributed by atoms with Crippen molar-refractivity contribution in [2.24, 2.45) is 0 Å². The Kier molecular flexibility index (Phi) is 20.5. The summed E-state index contributed by atoms with van der Waals surface area (Å²) in [5.74, 6) is -0.501. The molecule has 292 valence electrons. The molecule has 4 atom stereocenters. The van der Waals surface area contributed by atoms with Crippen molar-refractivity contribution in [2.75, 3.05) is 0 Å². The second kappa shape index (κ2) is 20.1. The van der Waals surface area contributed by atoms with Gasteiger partial charge in [0, 0.05) is 5.57 Å². The molecule has 0 aliphatic carbocycles. The van der Waals surface area contributed by atoms with Crippen molar-refractivity contribution in [3.63, 3.8) is 0 Å². The molecule has 49 heavy (non-hydrogen) atoms. The topological polar surface area (TPSA) is 109 Å². The average Bonchev–Trinajstić information content (AvgIpc) is 2.88. The third-order valence-electron chi connectivity index (χ3n) is 7.95. The van der Waals surface area contributed by atoms with Gasteiger partial charge in [0.25, 0.3) is 30.0 Å². The van der Waals surface area contributed by atoms with Crippen molar-refractivity contribution in [2.45, 2.75) is 162 Å². The summed E-state index contributed by atoms with van der Waals surface area (Å²) in [6.07, 6.45) is 0.429. The van der Waals surface area contributed by atoms with E-state index < -0.39 is 100 Å². The standard InChI is InChI=1S/C28H74O11Si10/c1-22-27(30-28(29)23(2)3)49(37-46(16,17)24(4)31-40-34-43(7,8)9,38-47(18,19)25(5)32-41-35-44(10,11)12)39-48(20,21)26(6)33-42-36-45(13,14)15/h24-27H,2,22,40-42H2,1,3-21H3. The van der Waals surface area contributed by atoms with Crippen molar-refractivity contribution >= 4 is 94.7 Å². The zero-order chi connectivity index (χ0) is 38.9. The zero-order valence-corrected chi connectivity index (χ0v) is 46.1. The van der Waals surface area contributed by atoms with E-state index in [1.807, 2.05) is 27.7 Å². The molecule has 0 spiro atoms. The first-order valence-electron chi connectivity index (χ1n) is 17.5. The Morgan fingerprint density at radius 3 is 1.04 bits per heavy atom. The van der Waals surface area contributed by atoms with Crippen LogP contribution in [0.3, 0.4) is 0 Å². The van der Waals surface area contributed by atoms with E-state index in [2.05, 4.69) is 105 Å². The van der Waals surface area contributed by atoms with E-state index in [0.717, 1.165) is 0 Å². The SMILES string of the molecule is C=C(C)C(=O)OC(CC)[Si](O[Si](C)(C)C(C)O[SiH2]O[Si](C)(C)C)(O[Si](C)(C)C(C)O[SiH2]O[Si](C)(C)C)O[Si](C)(C)C(C)O[SiH2]O[Si](C)(C)C. The highest BCUT2D eigenvalue weighted by atomic mass is 28.5. The van der Waals surface area contributed by atoms with Gasteiger partial charge in [-0.05, 0) is 132 Å². The lowest BCUT2D eigenvalue weighted by Crippen LogP contribution is -2.72. The van der Waals surface area contributed by atoms with Crippen LogP contribution in [-0.4, -0.2) is 118 Å². The molecule has 0 N–H and O–H groups in total. The number of carbonyl (C=O) groups is 1. The molecule has 0 aliphatic heterocycles. The summed E-state index contributed by atoms with van der Waals surface area (Å²) in [7, 11) is -21.2. The largest absolute Gasteiger partial charge is 0.513 e. The van der Waals surface area contributed by atoms with Crippen molar-refractivity contribution in [3.05, 3.63) is 12.2 Å². The molecule has 4 unspecified atom stereocenters. The fraction of sp³-hybridized carbons (Fsp3) is 0.893. The summed E-state index contributed by atoms with van der Waals surface area (Å²) in [4.78, 5) is 13.2. The van der Waals surface area contributed by atoms with Crippen LogP contribution in [0.4, 0.5) is 0 Å². The summed E-state index contributed by atoms with van der Waals surface area (Å²) in [5, 5.41) is 0. The second-order valence-electron chi connectivity index (χ2n) is 17.4. The summed E-state index contributed by atoms with van der Waals surface area (Å²) in [6.45, 7) is 45.8. The molecule has 0 radical (unpaired) electrons. The molecule has 0 heterocycles. The van der Waals surface area contributed by atoms with Gasteiger partial charge in [0.15, 0.2) is 30.7 Å². The highest BCUT2D eigenvalue weighted by Gasteiger charge is 2.62. The molecule has 0 saturated heterocycles. The van der Waals surface area contributed by atoms with Crippen LogP contribution in [0.25, 0.3) is 0 Å². The van der Waals surface area contributed by atoms with E-state index in [0.29, 0.717) is 12.0 Å². The van der Waals surface area contributed by atoms with Gasteiger partial charge in [0.2, 0.25) is 25.0 Å². The maximum absolute atomic E-state index is 13.2. The Bertz CT molecular complexity index is 932. The monoisotopic (exact) mass is 866 g/mol. The molecule has 0 amide bonds. The normalized spacial score (nSPS) is 18.4. The highest BCUT2D eigenvalue weighted by molar-refractivity contribution is 6.92. The first-order valence-corrected chi connectivity index (χ1v) is 42.0. The van der Waals surface area contributed by atoms with Gasteiger partial charge in [0.1, 0.15) is 0 Å². The molecule has 0 rings (SSSR count). The fourth-order valence-electron chi connectivity index (χ4n) is 3.78. The Morgan fingerprint density at radius 2 is 0.837 bits per heavy atom. The van der Waals surface area contributed by atoms with Crippen LogP contribution in [-0.2, 0) is 47.5 Å². The van der Waals surface area contributed by atoms with E-state index in [1.54, 1.807) is 6.92 Å². The van der Waals surface area contributed by atoms with Crippen LogP contribution in [0.2, 0.25) is 98.2 Å². The maximum atomic E-state index is 13.2. The van der Waals surface area contributed by atoms with E-state index >= 15 is 0 Å². The van der Waals surface area contributed by atoms with Gasteiger partial charge in [0.05, 0.1) is 17.2 Å². The quantitative estimate of drug-likeness (QED) is 0.0668. The zero-order valence-electron chi connectivity index (χ0n) is 34.8. The van der Waals surface area contributed by atoms with Gasteiger partial charge in [-0.2, -0.15) is 0 Å². The van der Waals surface area contributed by atoms with Crippen LogP contribution in [0.1, 0.15) is 41.0 Å². The Labute approximate surface area is 314 Å². The minimum atomic E-state index is -3.94. The molecule has 0 aliphatic rings. The van der Waals surface area contributed by atoms with Gasteiger partial charge in [-0.1, -0.05) is 13.5 Å². The smallest absolute Gasteiger partial charge is 0.455 e. The lowest BCUT2D eigenvalue weighted by Gasteiger charge is -2.49. The fourth-order valence-corrected chi connectivity index (χ4v) is 29.6. The minimum absolute atomic E-state index is 0.226. The molecule has 0 aromatic heterocycles. The predicted molar refractivity (Wildman–Crippen MR) is 227 cm³/mol.